The SMILES string of the molecule is Cc1ccc(C(C)C)c(O[C@@H]2O[C@H](CO)[C@@H](O)[C@H](O)[C@H]2O[C@@H]2O[C@H](CO)[C@@H](O)[C@H](O)[C@H]2O)c1. The minimum absolute atomic E-state index is 0.0816. The molecule has 2 heterocycles. The summed E-state index contributed by atoms with van der Waals surface area (Å²) in [6.07, 6.45) is -14.9. The summed E-state index contributed by atoms with van der Waals surface area (Å²) in [6, 6.07) is 5.58. The van der Waals surface area contributed by atoms with E-state index in [2.05, 4.69) is 0 Å². The van der Waals surface area contributed by atoms with Crippen molar-refractivity contribution >= 4 is 0 Å². The zero-order valence-corrected chi connectivity index (χ0v) is 18.8. The molecular formula is C22H34O11. The lowest BCUT2D eigenvalue weighted by atomic mass is 9.97. The highest BCUT2D eigenvalue weighted by atomic mass is 16.8. The quantitative estimate of drug-likeness (QED) is 0.235. The first kappa shape index (κ1) is 26.2. The monoisotopic (exact) mass is 474 g/mol. The van der Waals surface area contributed by atoms with E-state index in [1.54, 1.807) is 6.07 Å². The number of rotatable bonds is 7. The summed E-state index contributed by atoms with van der Waals surface area (Å²) in [7, 11) is 0. The Bertz CT molecular complexity index is 773. The molecule has 0 spiro atoms. The van der Waals surface area contributed by atoms with E-state index in [0.717, 1.165) is 11.1 Å². The van der Waals surface area contributed by atoms with Crippen molar-refractivity contribution in [3.63, 3.8) is 0 Å². The van der Waals surface area contributed by atoms with Crippen LogP contribution in [0.2, 0.25) is 0 Å². The second-order valence-electron chi connectivity index (χ2n) is 8.82. The maximum Gasteiger partial charge on any atom is 0.229 e. The van der Waals surface area contributed by atoms with Gasteiger partial charge >= 0.3 is 0 Å². The van der Waals surface area contributed by atoms with Gasteiger partial charge in [-0.25, -0.2) is 0 Å². The van der Waals surface area contributed by atoms with Gasteiger partial charge in [-0.1, -0.05) is 26.0 Å². The van der Waals surface area contributed by atoms with Gasteiger partial charge in [-0.2, -0.15) is 0 Å². The van der Waals surface area contributed by atoms with Gasteiger partial charge in [0.25, 0.3) is 0 Å². The van der Waals surface area contributed by atoms with E-state index in [1.165, 1.54) is 0 Å². The molecule has 2 saturated heterocycles. The predicted molar refractivity (Wildman–Crippen MR) is 112 cm³/mol. The highest BCUT2D eigenvalue weighted by molar-refractivity contribution is 5.39. The highest BCUT2D eigenvalue weighted by Gasteiger charge is 2.51. The molecule has 188 valence electrons. The van der Waals surface area contributed by atoms with Gasteiger partial charge in [0, 0.05) is 0 Å². The number of aliphatic hydroxyl groups excluding tert-OH is 7. The molecule has 0 aromatic heterocycles. The van der Waals surface area contributed by atoms with E-state index in [4.69, 9.17) is 18.9 Å². The van der Waals surface area contributed by atoms with Crippen LogP contribution in [0.1, 0.15) is 30.9 Å². The molecule has 10 atom stereocenters. The molecule has 3 rings (SSSR count). The topological polar surface area (TPSA) is 179 Å². The van der Waals surface area contributed by atoms with Crippen molar-refractivity contribution in [2.45, 2.75) is 88.1 Å². The van der Waals surface area contributed by atoms with E-state index >= 15 is 0 Å². The number of hydrogen-bond acceptors (Lipinski definition) is 11. The van der Waals surface area contributed by atoms with Gasteiger partial charge in [0.15, 0.2) is 12.4 Å². The molecule has 1 aromatic rings. The van der Waals surface area contributed by atoms with Gasteiger partial charge in [0.2, 0.25) is 6.29 Å². The van der Waals surface area contributed by atoms with Crippen molar-refractivity contribution in [1.29, 1.82) is 0 Å². The molecule has 33 heavy (non-hydrogen) atoms. The van der Waals surface area contributed by atoms with Crippen LogP contribution in [-0.4, -0.2) is 110 Å². The summed E-state index contributed by atoms with van der Waals surface area (Å²) in [5.74, 6) is 0.524. The van der Waals surface area contributed by atoms with Crippen LogP contribution < -0.4 is 4.74 Å². The van der Waals surface area contributed by atoms with Crippen molar-refractivity contribution in [3.05, 3.63) is 29.3 Å². The molecule has 2 aliphatic heterocycles. The third kappa shape index (κ3) is 5.49. The van der Waals surface area contributed by atoms with Gasteiger partial charge in [-0.3, -0.25) is 0 Å². The third-order valence-electron chi connectivity index (χ3n) is 6.00. The second kappa shape index (κ2) is 10.9. The average Bonchev–Trinajstić information content (AvgIpc) is 2.78. The van der Waals surface area contributed by atoms with E-state index in [9.17, 15) is 35.7 Å². The molecule has 1 aromatic carbocycles. The molecule has 0 unspecified atom stereocenters. The fraction of sp³-hybridized carbons (Fsp3) is 0.727. The lowest BCUT2D eigenvalue weighted by Gasteiger charge is -2.46. The molecule has 0 aliphatic carbocycles. The Morgan fingerprint density at radius 1 is 0.818 bits per heavy atom. The van der Waals surface area contributed by atoms with Crippen molar-refractivity contribution in [3.8, 4) is 5.75 Å². The van der Waals surface area contributed by atoms with Crippen LogP contribution in [0.25, 0.3) is 0 Å². The van der Waals surface area contributed by atoms with Gasteiger partial charge in [-0.15, -0.1) is 0 Å². The highest BCUT2D eigenvalue weighted by Crippen LogP contribution is 2.33. The third-order valence-corrected chi connectivity index (χ3v) is 6.00. The average molecular weight is 475 g/mol. The molecule has 11 nitrogen and oxygen atoms in total. The van der Waals surface area contributed by atoms with Crippen LogP contribution in [-0.2, 0) is 14.2 Å². The molecule has 0 bridgehead atoms. The van der Waals surface area contributed by atoms with Crippen LogP contribution in [0, 0.1) is 6.92 Å². The van der Waals surface area contributed by atoms with Crippen LogP contribution in [0.15, 0.2) is 18.2 Å². The number of benzene rings is 1. The summed E-state index contributed by atoms with van der Waals surface area (Å²) in [5, 5.41) is 70.4. The molecule has 0 saturated carbocycles. The smallest absolute Gasteiger partial charge is 0.229 e. The van der Waals surface area contributed by atoms with Crippen LogP contribution >= 0.6 is 0 Å². The maximum atomic E-state index is 10.7. The summed E-state index contributed by atoms with van der Waals surface area (Å²) < 4.78 is 22.8. The maximum absolute atomic E-state index is 10.7. The van der Waals surface area contributed by atoms with Crippen molar-refractivity contribution < 1.29 is 54.7 Å². The van der Waals surface area contributed by atoms with Gasteiger partial charge in [-0.05, 0) is 30.0 Å². The minimum Gasteiger partial charge on any atom is -0.462 e. The standard InChI is InChI=1S/C22H34O11/c1-9(2)11-5-4-10(3)6-12(11)30-22-20(18(28)16(26)14(8-24)32-22)33-21-19(29)17(27)15(25)13(7-23)31-21/h4-6,9,13-29H,7-8H2,1-3H3/t13-,14-,15-,16-,17+,18+,19-,20-,21+,22-/m1/s1. The number of aryl methyl sites for hydroxylation is 1. The molecule has 2 aliphatic rings. The summed E-state index contributed by atoms with van der Waals surface area (Å²) >= 11 is 0. The van der Waals surface area contributed by atoms with Crippen LogP contribution in [0.5, 0.6) is 5.75 Å². The zero-order valence-electron chi connectivity index (χ0n) is 18.8. The Balaban J connectivity index is 1.89. The fourth-order valence-electron chi connectivity index (χ4n) is 3.98. The van der Waals surface area contributed by atoms with Gasteiger partial charge < -0.3 is 54.7 Å². The Morgan fingerprint density at radius 3 is 1.97 bits per heavy atom. The Kier molecular flexibility index (Phi) is 8.67. The van der Waals surface area contributed by atoms with Crippen molar-refractivity contribution in [2.75, 3.05) is 13.2 Å². The van der Waals surface area contributed by atoms with E-state index in [-0.39, 0.29) is 5.92 Å². The Labute approximate surface area is 191 Å². The number of ether oxygens (including phenoxy) is 4. The first-order valence-electron chi connectivity index (χ1n) is 10.9. The van der Waals surface area contributed by atoms with Crippen LogP contribution in [0.3, 0.4) is 0 Å². The number of aliphatic hydroxyl groups is 7. The molecule has 0 amide bonds. The fourth-order valence-corrected chi connectivity index (χ4v) is 3.98. The first-order valence-corrected chi connectivity index (χ1v) is 10.9. The molecule has 7 N–H and O–H groups in total. The second-order valence-corrected chi connectivity index (χ2v) is 8.82. The van der Waals surface area contributed by atoms with Crippen molar-refractivity contribution in [1.82, 2.24) is 0 Å². The molecule has 0 radical (unpaired) electrons. The van der Waals surface area contributed by atoms with Gasteiger partial charge in [0.05, 0.1) is 13.2 Å². The van der Waals surface area contributed by atoms with E-state index in [0.29, 0.717) is 5.75 Å². The summed E-state index contributed by atoms with van der Waals surface area (Å²) in [6.45, 7) is 4.54. The minimum atomic E-state index is -1.73. The molecular weight excluding hydrogens is 440 g/mol. The molecule has 2 fully saturated rings. The summed E-state index contributed by atoms with van der Waals surface area (Å²) in [5.41, 5.74) is 1.74. The largest absolute Gasteiger partial charge is 0.462 e. The first-order chi connectivity index (χ1) is 15.6. The van der Waals surface area contributed by atoms with E-state index < -0.39 is 74.6 Å². The lowest BCUT2D eigenvalue weighted by Crippen LogP contribution is -2.65. The Morgan fingerprint density at radius 2 is 1.39 bits per heavy atom. The van der Waals surface area contributed by atoms with E-state index in [1.807, 2.05) is 32.9 Å². The normalized spacial score (nSPS) is 39.6. The van der Waals surface area contributed by atoms with Crippen molar-refractivity contribution in [2.24, 2.45) is 0 Å². The zero-order chi connectivity index (χ0) is 24.4. The number of hydrogen-bond donors (Lipinski definition) is 7. The van der Waals surface area contributed by atoms with Crippen LogP contribution in [0.4, 0.5) is 0 Å². The lowest BCUT2D eigenvalue weighted by molar-refractivity contribution is -0.357. The predicted octanol–water partition coefficient (Wildman–Crippen LogP) is -1.88. The Hall–Kier alpha value is -1.38. The molecule has 11 heteroatoms. The summed E-state index contributed by atoms with van der Waals surface area (Å²) in [4.78, 5) is 0. The van der Waals surface area contributed by atoms with Gasteiger partial charge in [0.1, 0.15) is 48.5 Å².